The molecule has 1 aliphatic carbocycles. The second kappa shape index (κ2) is 5.97. The number of aromatic nitrogens is 4. The highest BCUT2D eigenvalue weighted by atomic mass is 35.5. The zero-order valence-corrected chi connectivity index (χ0v) is 14.2. The Kier molecular flexibility index (Phi) is 3.74. The third-order valence-corrected chi connectivity index (χ3v) is 4.48. The molecule has 3 aromatic heterocycles. The van der Waals surface area contributed by atoms with Crippen LogP contribution in [0.3, 0.4) is 0 Å². The smallest absolute Gasteiger partial charge is 0.296 e. The van der Waals surface area contributed by atoms with Gasteiger partial charge in [-0.2, -0.15) is 5.26 Å². The average Bonchev–Trinajstić information content (AvgIpc) is 3.44. The maximum absolute atomic E-state index is 12.6. The molecule has 1 fully saturated rings. The molecule has 0 saturated heterocycles. The third-order valence-electron chi connectivity index (χ3n) is 4.25. The Morgan fingerprint density at radius 1 is 1.23 bits per heavy atom. The van der Waals surface area contributed by atoms with Crippen molar-refractivity contribution in [2.75, 3.05) is 0 Å². The SMILES string of the molecule is N#Cc1cn(C2CC2)c(=O)n(Cc2cc(=O)n3cc(Cl)ccc3n2)c1=O. The number of nitrogens with zero attached hydrogens (tertiary/aromatic N) is 5. The molecule has 1 aliphatic rings. The highest BCUT2D eigenvalue weighted by Crippen LogP contribution is 2.33. The molecular formula is C17H12ClN5O3. The Balaban J connectivity index is 1.87. The van der Waals surface area contributed by atoms with Gasteiger partial charge in [0.05, 0.1) is 17.3 Å². The van der Waals surface area contributed by atoms with Gasteiger partial charge in [0.15, 0.2) is 0 Å². The fourth-order valence-electron chi connectivity index (χ4n) is 2.82. The number of hydrogen-bond donors (Lipinski definition) is 0. The van der Waals surface area contributed by atoms with E-state index in [4.69, 9.17) is 11.6 Å². The first kappa shape index (κ1) is 16.3. The minimum absolute atomic E-state index is 0.0128. The Bertz CT molecular complexity index is 1260. The van der Waals surface area contributed by atoms with Gasteiger partial charge in [0.1, 0.15) is 17.3 Å². The van der Waals surface area contributed by atoms with E-state index >= 15 is 0 Å². The van der Waals surface area contributed by atoms with Gasteiger partial charge in [0.2, 0.25) is 0 Å². The van der Waals surface area contributed by atoms with Crippen LogP contribution < -0.4 is 16.8 Å². The topological polar surface area (TPSA) is 102 Å². The summed E-state index contributed by atoms with van der Waals surface area (Å²) in [5.41, 5.74) is -1.07. The Labute approximate surface area is 151 Å². The van der Waals surface area contributed by atoms with E-state index in [9.17, 15) is 19.6 Å². The summed E-state index contributed by atoms with van der Waals surface area (Å²) < 4.78 is 3.64. The minimum atomic E-state index is -0.687. The normalized spacial score (nSPS) is 13.7. The molecule has 0 aromatic carbocycles. The van der Waals surface area contributed by atoms with Crippen LogP contribution >= 0.6 is 11.6 Å². The van der Waals surface area contributed by atoms with Crippen molar-refractivity contribution < 1.29 is 0 Å². The largest absolute Gasteiger partial charge is 0.331 e. The molecule has 3 aromatic rings. The summed E-state index contributed by atoms with van der Waals surface area (Å²) in [7, 11) is 0. The Morgan fingerprint density at radius 3 is 2.69 bits per heavy atom. The molecule has 0 aliphatic heterocycles. The molecule has 130 valence electrons. The summed E-state index contributed by atoms with van der Waals surface area (Å²) in [5.74, 6) is 0. The maximum Gasteiger partial charge on any atom is 0.331 e. The predicted octanol–water partition coefficient (Wildman–Crippen LogP) is 0.926. The van der Waals surface area contributed by atoms with Gasteiger partial charge in [-0.3, -0.25) is 23.1 Å². The summed E-state index contributed by atoms with van der Waals surface area (Å²) in [6.07, 6.45) is 4.42. The average molecular weight is 370 g/mol. The van der Waals surface area contributed by atoms with Crippen LogP contribution in [-0.2, 0) is 6.54 Å². The van der Waals surface area contributed by atoms with Crippen molar-refractivity contribution in [2.24, 2.45) is 0 Å². The molecule has 0 amide bonds. The van der Waals surface area contributed by atoms with E-state index in [0.717, 1.165) is 17.4 Å². The lowest BCUT2D eigenvalue weighted by molar-refractivity contribution is 0.583. The standard InChI is InChI=1S/C17H12ClN5O3/c18-11-1-4-14-20-12(5-15(24)22(14)8-11)9-23-16(25)10(6-19)7-21(17(23)26)13-2-3-13/h1,4-5,7-8,13H,2-3,9H2. The molecular weight excluding hydrogens is 358 g/mol. The number of hydrogen-bond acceptors (Lipinski definition) is 5. The van der Waals surface area contributed by atoms with Crippen LogP contribution in [0, 0.1) is 11.3 Å². The predicted molar refractivity (Wildman–Crippen MR) is 93.5 cm³/mol. The van der Waals surface area contributed by atoms with Crippen molar-refractivity contribution in [3.05, 3.63) is 78.1 Å². The van der Waals surface area contributed by atoms with Gasteiger partial charge in [-0.25, -0.2) is 9.78 Å². The van der Waals surface area contributed by atoms with E-state index < -0.39 is 11.2 Å². The molecule has 0 spiro atoms. The molecule has 0 N–H and O–H groups in total. The first-order chi connectivity index (χ1) is 12.5. The highest BCUT2D eigenvalue weighted by molar-refractivity contribution is 6.30. The molecule has 1 saturated carbocycles. The van der Waals surface area contributed by atoms with Crippen LogP contribution in [0.25, 0.3) is 5.65 Å². The monoisotopic (exact) mass is 369 g/mol. The molecule has 0 atom stereocenters. The number of fused-ring (bicyclic) bond motifs is 1. The van der Waals surface area contributed by atoms with E-state index in [1.54, 1.807) is 12.1 Å². The summed E-state index contributed by atoms with van der Waals surface area (Å²) in [4.78, 5) is 41.6. The lowest BCUT2D eigenvalue weighted by Crippen LogP contribution is -2.41. The van der Waals surface area contributed by atoms with Crippen LogP contribution in [0.2, 0.25) is 5.02 Å². The van der Waals surface area contributed by atoms with Crippen LogP contribution in [0.4, 0.5) is 0 Å². The first-order valence-electron chi connectivity index (χ1n) is 7.92. The van der Waals surface area contributed by atoms with Crippen LogP contribution in [0.1, 0.15) is 30.1 Å². The quantitative estimate of drug-likeness (QED) is 0.683. The van der Waals surface area contributed by atoms with E-state index in [-0.39, 0.29) is 29.4 Å². The van der Waals surface area contributed by atoms with Crippen molar-refractivity contribution in [3.63, 3.8) is 0 Å². The zero-order chi connectivity index (χ0) is 18.4. The van der Waals surface area contributed by atoms with Crippen LogP contribution in [0.15, 0.2) is 45.0 Å². The second-order valence-corrected chi connectivity index (χ2v) is 6.56. The van der Waals surface area contributed by atoms with Gasteiger partial charge in [-0.15, -0.1) is 0 Å². The van der Waals surface area contributed by atoms with E-state index in [1.165, 1.54) is 27.4 Å². The fraction of sp³-hybridized carbons (Fsp3) is 0.235. The third kappa shape index (κ3) is 2.72. The van der Waals surface area contributed by atoms with Crippen molar-refractivity contribution in [3.8, 4) is 6.07 Å². The fourth-order valence-corrected chi connectivity index (χ4v) is 2.98. The summed E-state index contributed by atoms with van der Waals surface area (Å²) in [5, 5.41) is 9.57. The van der Waals surface area contributed by atoms with Crippen molar-refractivity contribution in [2.45, 2.75) is 25.4 Å². The maximum atomic E-state index is 12.6. The molecule has 0 unspecified atom stereocenters. The van der Waals surface area contributed by atoms with Crippen LogP contribution in [0.5, 0.6) is 0 Å². The lowest BCUT2D eigenvalue weighted by Gasteiger charge is -2.10. The number of pyridine rings is 1. The molecule has 3 heterocycles. The van der Waals surface area contributed by atoms with Gasteiger partial charge in [-0.1, -0.05) is 11.6 Å². The lowest BCUT2D eigenvalue weighted by atomic mass is 10.3. The van der Waals surface area contributed by atoms with Gasteiger partial charge >= 0.3 is 5.69 Å². The Morgan fingerprint density at radius 2 is 2.00 bits per heavy atom. The molecule has 4 rings (SSSR count). The Hall–Kier alpha value is -3.18. The van der Waals surface area contributed by atoms with Gasteiger partial charge < -0.3 is 0 Å². The summed E-state index contributed by atoms with van der Waals surface area (Å²) in [6.45, 7) is -0.186. The zero-order valence-electron chi connectivity index (χ0n) is 13.4. The molecule has 0 radical (unpaired) electrons. The number of halogens is 1. The number of nitriles is 1. The van der Waals surface area contributed by atoms with Gasteiger partial charge in [0, 0.05) is 24.5 Å². The molecule has 0 bridgehead atoms. The molecule has 26 heavy (non-hydrogen) atoms. The van der Waals surface area contributed by atoms with Crippen molar-refractivity contribution in [1.29, 1.82) is 5.26 Å². The first-order valence-corrected chi connectivity index (χ1v) is 8.29. The summed E-state index contributed by atoms with van der Waals surface area (Å²) >= 11 is 5.88. The minimum Gasteiger partial charge on any atom is -0.296 e. The van der Waals surface area contributed by atoms with E-state index in [0.29, 0.717) is 10.7 Å². The van der Waals surface area contributed by atoms with Crippen LogP contribution in [-0.4, -0.2) is 18.5 Å². The van der Waals surface area contributed by atoms with E-state index in [1.807, 2.05) is 6.07 Å². The highest BCUT2D eigenvalue weighted by Gasteiger charge is 2.27. The number of rotatable bonds is 3. The van der Waals surface area contributed by atoms with Crippen molar-refractivity contribution in [1.82, 2.24) is 18.5 Å². The summed E-state index contributed by atoms with van der Waals surface area (Å²) in [6, 6.07) is 6.25. The molecule has 8 nitrogen and oxygen atoms in total. The van der Waals surface area contributed by atoms with Crippen molar-refractivity contribution >= 4 is 17.2 Å². The molecule has 9 heteroatoms. The van der Waals surface area contributed by atoms with Gasteiger partial charge in [-0.05, 0) is 25.0 Å². The second-order valence-electron chi connectivity index (χ2n) is 6.13. The van der Waals surface area contributed by atoms with Gasteiger partial charge in [0.25, 0.3) is 11.1 Å². The van der Waals surface area contributed by atoms with E-state index in [2.05, 4.69) is 4.98 Å².